The standard InChI is InChI=1S/C16H18BNO2/c1-20-16(19)11-7-8-12-13(9-11)18-15(17)14(12)10-5-3-2-4-6-10/h7-10,18H,2-6H2,1H3. The topological polar surface area (TPSA) is 42.1 Å². The predicted molar refractivity (Wildman–Crippen MR) is 80.9 cm³/mol. The fourth-order valence-electron chi connectivity index (χ4n) is 3.32. The number of rotatable bonds is 2. The van der Waals surface area contributed by atoms with Crippen LogP contribution in [0.15, 0.2) is 18.2 Å². The number of hydrogen-bond donors (Lipinski definition) is 1. The minimum absolute atomic E-state index is 0.320. The first-order valence-electron chi connectivity index (χ1n) is 7.20. The van der Waals surface area contributed by atoms with E-state index in [0.29, 0.717) is 11.5 Å². The van der Waals surface area contributed by atoms with Gasteiger partial charge in [0.2, 0.25) is 0 Å². The Morgan fingerprint density at radius 2 is 2.05 bits per heavy atom. The molecule has 1 saturated carbocycles. The lowest BCUT2D eigenvalue weighted by Crippen LogP contribution is -2.15. The number of hydrogen-bond acceptors (Lipinski definition) is 2. The van der Waals surface area contributed by atoms with Gasteiger partial charge in [-0.25, -0.2) is 4.79 Å². The Morgan fingerprint density at radius 1 is 1.30 bits per heavy atom. The molecule has 4 heteroatoms. The van der Waals surface area contributed by atoms with Crippen molar-refractivity contribution in [2.45, 2.75) is 38.0 Å². The van der Waals surface area contributed by atoms with Gasteiger partial charge >= 0.3 is 5.97 Å². The van der Waals surface area contributed by atoms with Crippen molar-refractivity contribution in [2.75, 3.05) is 7.11 Å². The summed E-state index contributed by atoms with van der Waals surface area (Å²) in [7, 11) is 7.56. The van der Waals surface area contributed by atoms with Gasteiger partial charge in [0.1, 0.15) is 7.85 Å². The molecule has 1 aliphatic carbocycles. The van der Waals surface area contributed by atoms with Gasteiger partial charge < -0.3 is 9.72 Å². The molecule has 1 aliphatic rings. The van der Waals surface area contributed by atoms with Crippen LogP contribution in [0.4, 0.5) is 0 Å². The summed E-state index contributed by atoms with van der Waals surface area (Å²) >= 11 is 0. The van der Waals surface area contributed by atoms with E-state index in [2.05, 4.69) is 4.98 Å². The summed E-state index contributed by atoms with van der Waals surface area (Å²) in [6, 6.07) is 5.62. The lowest BCUT2D eigenvalue weighted by Gasteiger charge is -2.22. The predicted octanol–water partition coefficient (Wildman–Crippen LogP) is 2.80. The number of esters is 1. The molecule has 2 aromatic rings. The lowest BCUT2D eigenvalue weighted by atomic mass is 9.80. The van der Waals surface area contributed by atoms with Crippen molar-refractivity contribution in [1.82, 2.24) is 4.98 Å². The van der Waals surface area contributed by atoms with Gasteiger partial charge in [0, 0.05) is 10.9 Å². The highest BCUT2D eigenvalue weighted by Crippen LogP contribution is 2.35. The molecule has 1 fully saturated rings. The van der Waals surface area contributed by atoms with Gasteiger partial charge in [-0.1, -0.05) is 25.3 Å². The first-order valence-corrected chi connectivity index (χ1v) is 7.20. The number of fused-ring (bicyclic) bond motifs is 1. The molecule has 0 aliphatic heterocycles. The first kappa shape index (κ1) is 13.3. The van der Waals surface area contributed by atoms with Crippen molar-refractivity contribution in [3.05, 3.63) is 29.3 Å². The minimum atomic E-state index is -0.320. The maximum atomic E-state index is 11.6. The molecule has 3 rings (SSSR count). The van der Waals surface area contributed by atoms with Crippen LogP contribution < -0.4 is 5.59 Å². The zero-order valence-electron chi connectivity index (χ0n) is 11.7. The average Bonchev–Trinajstić information content (AvgIpc) is 2.82. The van der Waals surface area contributed by atoms with Crippen LogP contribution in [0, 0.1) is 0 Å². The highest BCUT2D eigenvalue weighted by atomic mass is 16.5. The molecule has 1 N–H and O–H groups in total. The van der Waals surface area contributed by atoms with E-state index in [1.54, 1.807) is 0 Å². The smallest absolute Gasteiger partial charge is 0.337 e. The first-order chi connectivity index (χ1) is 9.70. The van der Waals surface area contributed by atoms with Gasteiger partial charge in [0.15, 0.2) is 0 Å². The quantitative estimate of drug-likeness (QED) is 0.671. The van der Waals surface area contributed by atoms with Crippen LogP contribution in [0.25, 0.3) is 10.9 Å². The molecule has 1 aromatic carbocycles. The number of carbonyl (C=O) groups excluding carboxylic acids is 1. The largest absolute Gasteiger partial charge is 0.465 e. The third-order valence-corrected chi connectivity index (χ3v) is 4.30. The Labute approximate surface area is 120 Å². The molecule has 3 nitrogen and oxygen atoms in total. The van der Waals surface area contributed by atoms with Crippen LogP contribution >= 0.6 is 0 Å². The van der Waals surface area contributed by atoms with E-state index in [4.69, 9.17) is 12.6 Å². The highest BCUT2D eigenvalue weighted by Gasteiger charge is 2.21. The monoisotopic (exact) mass is 267 g/mol. The van der Waals surface area contributed by atoms with Crippen LogP contribution in [0.5, 0.6) is 0 Å². The van der Waals surface area contributed by atoms with Crippen LogP contribution in [0.2, 0.25) is 0 Å². The van der Waals surface area contributed by atoms with Crippen LogP contribution in [0.3, 0.4) is 0 Å². The summed E-state index contributed by atoms with van der Waals surface area (Å²) in [5.41, 5.74) is 3.45. The molecule has 1 heterocycles. The van der Waals surface area contributed by atoms with Crippen molar-refractivity contribution in [2.24, 2.45) is 0 Å². The molecule has 20 heavy (non-hydrogen) atoms. The molecule has 0 amide bonds. The average molecular weight is 267 g/mol. The van der Waals surface area contributed by atoms with Crippen LogP contribution in [0.1, 0.15) is 53.9 Å². The zero-order valence-corrected chi connectivity index (χ0v) is 11.7. The fraction of sp³-hybridized carbons (Fsp3) is 0.438. The van der Waals surface area contributed by atoms with E-state index in [-0.39, 0.29) is 5.97 Å². The van der Waals surface area contributed by atoms with E-state index in [0.717, 1.165) is 16.5 Å². The molecule has 0 bridgehead atoms. The minimum Gasteiger partial charge on any atom is -0.465 e. The lowest BCUT2D eigenvalue weighted by molar-refractivity contribution is 0.0601. The normalized spacial score (nSPS) is 16.4. The van der Waals surface area contributed by atoms with Crippen molar-refractivity contribution < 1.29 is 9.53 Å². The Morgan fingerprint density at radius 3 is 2.75 bits per heavy atom. The Bertz CT molecular complexity index is 641. The van der Waals surface area contributed by atoms with Crippen molar-refractivity contribution >= 4 is 30.3 Å². The number of methoxy groups -OCH3 is 1. The third kappa shape index (κ3) is 2.24. The molecule has 0 atom stereocenters. The highest BCUT2D eigenvalue weighted by molar-refractivity contribution is 6.34. The Hall–Kier alpha value is -1.71. The SMILES string of the molecule is [B]c1[nH]c2cc(C(=O)OC)ccc2c1C1CCCCC1. The van der Waals surface area contributed by atoms with Gasteiger partial charge in [-0.15, -0.1) is 0 Å². The number of carbonyl (C=O) groups is 1. The molecular formula is C16H18BNO2. The summed E-state index contributed by atoms with van der Waals surface area (Å²) in [5.74, 6) is 0.223. The molecule has 0 spiro atoms. The zero-order chi connectivity index (χ0) is 14.1. The van der Waals surface area contributed by atoms with Gasteiger partial charge in [-0.3, -0.25) is 0 Å². The van der Waals surface area contributed by atoms with E-state index >= 15 is 0 Å². The van der Waals surface area contributed by atoms with Crippen molar-refractivity contribution in [1.29, 1.82) is 0 Å². The Balaban J connectivity index is 2.05. The second-order valence-corrected chi connectivity index (χ2v) is 5.54. The molecule has 0 unspecified atom stereocenters. The summed E-state index contributed by atoms with van der Waals surface area (Å²) < 4.78 is 4.75. The molecule has 0 saturated heterocycles. The Kier molecular flexibility index (Phi) is 3.55. The second kappa shape index (κ2) is 5.35. The summed E-state index contributed by atoms with van der Waals surface area (Å²) in [6.07, 6.45) is 6.28. The molecular weight excluding hydrogens is 249 g/mol. The van der Waals surface area contributed by atoms with E-state index < -0.39 is 0 Å². The maximum Gasteiger partial charge on any atom is 0.337 e. The second-order valence-electron chi connectivity index (χ2n) is 5.54. The maximum absolute atomic E-state index is 11.6. The van der Waals surface area contributed by atoms with E-state index in [1.165, 1.54) is 44.8 Å². The van der Waals surface area contributed by atoms with Gasteiger partial charge in [-0.05, 0) is 42.0 Å². The van der Waals surface area contributed by atoms with Gasteiger partial charge in [-0.2, -0.15) is 0 Å². The number of H-pyrrole nitrogens is 1. The number of nitrogens with one attached hydrogen (secondary N) is 1. The van der Waals surface area contributed by atoms with Crippen molar-refractivity contribution in [3.63, 3.8) is 0 Å². The number of ether oxygens (including phenoxy) is 1. The summed E-state index contributed by atoms with van der Waals surface area (Å²) in [6.45, 7) is 0. The fourth-order valence-corrected chi connectivity index (χ4v) is 3.32. The van der Waals surface area contributed by atoms with Gasteiger partial charge in [0.25, 0.3) is 0 Å². The molecule has 1 aromatic heterocycles. The van der Waals surface area contributed by atoms with E-state index in [1.807, 2.05) is 18.2 Å². The number of aromatic nitrogens is 1. The van der Waals surface area contributed by atoms with Gasteiger partial charge in [0.05, 0.1) is 12.7 Å². The van der Waals surface area contributed by atoms with Crippen LogP contribution in [-0.2, 0) is 4.74 Å². The summed E-state index contributed by atoms with van der Waals surface area (Å²) in [5, 5.41) is 1.14. The third-order valence-electron chi connectivity index (χ3n) is 4.30. The van der Waals surface area contributed by atoms with E-state index in [9.17, 15) is 4.79 Å². The number of aromatic amines is 1. The van der Waals surface area contributed by atoms with Crippen molar-refractivity contribution in [3.8, 4) is 0 Å². The molecule has 2 radical (unpaired) electrons. The number of benzene rings is 1. The summed E-state index contributed by atoms with van der Waals surface area (Å²) in [4.78, 5) is 14.8. The van der Waals surface area contributed by atoms with Crippen LogP contribution in [-0.4, -0.2) is 25.9 Å². The molecule has 102 valence electrons.